The lowest BCUT2D eigenvalue weighted by Gasteiger charge is -2.25. The number of sulfone groups is 1. The molecule has 2 heterocycles. The lowest BCUT2D eigenvalue weighted by atomic mass is 9.98. The van der Waals surface area contributed by atoms with Gasteiger partial charge < -0.3 is 10.1 Å². The van der Waals surface area contributed by atoms with Crippen molar-refractivity contribution in [3.8, 4) is 5.75 Å². The van der Waals surface area contributed by atoms with Gasteiger partial charge in [0.2, 0.25) is 15.7 Å². The molecular formula is C15H12F3NO4S2. The molecular weight excluding hydrogens is 379 g/mol. The van der Waals surface area contributed by atoms with Crippen LogP contribution in [0.15, 0.2) is 39.4 Å². The van der Waals surface area contributed by atoms with Gasteiger partial charge in [0.15, 0.2) is 0 Å². The second-order valence-electron chi connectivity index (χ2n) is 5.36. The van der Waals surface area contributed by atoms with Crippen LogP contribution in [0.1, 0.15) is 17.2 Å². The molecule has 0 bridgehead atoms. The molecule has 1 aromatic heterocycles. The summed E-state index contributed by atoms with van der Waals surface area (Å²) >= 11 is 0.680. The van der Waals surface area contributed by atoms with Crippen molar-refractivity contribution in [2.75, 3.05) is 12.4 Å². The molecule has 3 rings (SSSR count). The monoisotopic (exact) mass is 391 g/mol. The van der Waals surface area contributed by atoms with Gasteiger partial charge in [0.25, 0.3) is 0 Å². The maximum atomic E-state index is 13.2. The van der Waals surface area contributed by atoms with Crippen molar-refractivity contribution in [2.24, 2.45) is 0 Å². The highest BCUT2D eigenvalue weighted by atomic mass is 32.2. The van der Waals surface area contributed by atoms with Crippen LogP contribution in [0.25, 0.3) is 0 Å². The van der Waals surface area contributed by atoms with Crippen molar-refractivity contribution in [2.45, 2.75) is 28.3 Å². The van der Waals surface area contributed by atoms with E-state index in [0.717, 1.165) is 5.38 Å². The zero-order chi connectivity index (χ0) is 18.4. The number of fused-ring (bicyclic) bond motifs is 1. The highest BCUT2D eigenvalue weighted by Gasteiger charge is 2.47. The van der Waals surface area contributed by atoms with Crippen LogP contribution < -0.4 is 10.1 Å². The molecule has 134 valence electrons. The Morgan fingerprint density at radius 3 is 2.44 bits per heavy atom. The SMILES string of the molecule is COc1ccc(S(=O)(=O)c2csc3c2NC(=O)CC3C(F)(F)F)cc1. The summed E-state index contributed by atoms with van der Waals surface area (Å²) in [4.78, 5) is 11.0. The molecule has 1 aliphatic rings. The van der Waals surface area contributed by atoms with Crippen LogP contribution in [0, 0.1) is 0 Å². The average molecular weight is 391 g/mol. The number of thiophene rings is 1. The van der Waals surface area contributed by atoms with E-state index < -0.39 is 34.3 Å². The molecule has 0 saturated heterocycles. The fraction of sp³-hybridized carbons (Fsp3) is 0.267. The molecule has 1 amide bonds. The van der Waals surface area contributed by atoms with Crippen molar-refractivity contribution in [1.29, 1.82) is 0 Å². The lowest BCUT2D eigenvalue weighted by molar-refractivity contribution is -0.156. The van der Waals surface area contributed by atoms with Crippen LogP contribution in [0.3, 0.4) is 0 Å². The van der Waals surface area contributed by atoms with Crippen molar-refractivity contribution in [3.63, 3.8) is 0 Å². The van der Waals surface area contributed by atoms with E-state index in [0.29, 0.717) is 17.1 Å². The van der Waals surface area contributed by atoms with Gasteiger partial charge in [-0.3, -0.25) is 4.79 Å². The largest absolute Gasteiger partial charge is 0.497 e. The van der Waals surface area contributed by atoms with E-state index in [1.165, 1.54) is 31.4 Å². The number of halogens is 3. The summed E-state index contributed by atoms with van der Waals surface area (Å²) in [6, 6.07) is 5.46. The number of benzene rings is 1. The highest BCUT2D eigenvalue weighted by Crippen LogP contribution is 2.49. The molecule has 1 atom stereocenters. The zero-order valence-electron chi connectivity index (χ0n) is 12.8. The number of carbonyl (C=O) groups is 1. The Morgan fingerprint density at radius 1 is 1.24 bits per heavy atom. The van der Waals surface area contributed by atoms with E-state index >= 15 is 0 Å². The quantitative estimate of drug-likeness (QED) is 0.868. The van der Waals surface area contributed by atoms with Crippen LogP contribution in [0.4, 0.5) is 18.9 Å². The number of ether oxygens (including phenoxy) is 1. The van der Waals surface area contributed by atoms with E-state index in [1.807, 2.05) is 0 Å². The van der Waals surface area contributed by atoms with Crippen LogP contribution in [0.2, 0.25) is 0 Å². The molecule has 2 aromatic rings. The molecule has 10 heteroatoms. The minimum Gasteiger partial charge on any atom is -0.497 e. The predicted octanol–water partition coefficient (Wildman–Crippen LogP) is 3.58. The number of anilines is 1. The Hall–Kier alpha value is -2.07. The second-order valence-corrected chi connectivity index (χ2v) is 8.19. The van der Waals surface area contributed by atoms with Gasteiger partial charge in [-0.15, -0.1) is 11.3 Å². The molecule has 1 N–H and O–H groups in total. The third-order valence-electron chi connectivity index (χ3n) is 3.81. The van der Waals surface area contributed by atoms with Gasteiger partial charge >= 0.3 is 6.18 Å². The Kier molecular flexibility index (Phi) is 4.28. The molecule has 1 aliphatic heterocycles. The zero-order valence-corrected chi connectivity index (χ0v) is 14.4. The van der Waals surface area contributed by atoms with E-state index in [-0.39, 0.29) is 20.4 Å². The van der Waals surface area contributed by atoms with Gasteiger partial charge in [-0.25, -0.2) is 8.42 Å². The predicted molar refractivity (Wildman–Crippen MR) is 84.8 cm³/mol. The standard InChI is InChI=1S/C15H12F3NO4S2/c1-23-8-2-4-9(5-3-8)25(21,22)11-7-24-14-10(15(16,17)18)6-12(20)19-13(11)14/h2-5,7,10H,6H2,1H3,(H,19,20). The molecule has 25 heavy (non-hydrogen) atoms. The number of carbonyl (C=O) groups excluding carboxylic acids is 1. The molecule has 1 unspecified atom stereocenters. The summed E-state index contributed by atoms with van der Waals surface area (Å²) in [7, 11) is -2.66. The number of hydrogen-bond donors (Lipinski definition) is 1. The van der Waals surface area contributed by atoms with Crippen molar-refractivity contribution < 1.29 is 31.1 Å². The fourth-order valence-electron chi connectivity index (χ4n) is 2.55. The summed E-state index contributed by atoms with van der Waals surface area (Å²) in [6.07, 6.45) is -5.38. The number of hydrogen-bond acceptors (Lipinski definition) is 5. The molecule has 0 saturated carbocycles. The van der Waals surface area contributed by atoms with Crippen LogP contribution in [-0.2, 0) is 14.6 Å². The summed E-state index contributed by atoms with van der Waals surface area (Å²) in [5.74, 6) is -2.42. The van der Waals surface area contributed by atoms with Crippen molar-refractivity contribution in [1.82, 2.24) is 0 Å². The van der Waals surface area contributed by atoms with Gasteiger partial charge in [0.05, 0.1) is 17.7 Å². The first-order valence-corrected chi connectivity index (χ1v) is 9.38. The topological polar surface area (TPSA) is 72.5 Å². The normalized spacial score (nSPS) is 17.8. The molecule has 0 spiro atoms. The van der Waals surface area contributed by atoms with Crippen molar-refractivity contribution in [3.05, 3.63) is 34.5 Å². The lowest BCUT2D eigenvalue weighted by Crippen LogP contribution is -2.31. The van der Waals surface area contributed by atoms with Crippen molar-refractivity contribution >= 4 is 32.8 Å². The summed E-state index contributed by atoms with van der Waals surface area (Å²) in [6.45, 7) is 0. The second kappa shape index (κ2) is 6.03. The number of amides is 1. The van der Waals surface area contributed by atoms with E-state index in [2.05, 4.69) is 5.32 Å². The number of nitrogens with one attached hydrogen (secondary N) is 1. The minimum atomic E-state index is -4.63. The third-order valence-corrected chi connectivity index (χ3v) is 6.85. The Balaban J connectivity index is 2.10. The molecule has 5 nitrogen and oxygen atoms in total. The van der Waals surface area contributed by atoms with E-state index in [9.17, 15) is 26.4 Å². The molecule has 0 aliphatic carbocycles. The van der Waals surface area contributed by atoms with Gasteiger partial charge in [0, 0.05) is 16.7 Å². The van der Waals surface area contributed by atoms with Gasteiger partial charge in [-0.2, -0.15) is 13.2 Å². The Labute approximate surface area is 145 Å². The van der Waals surface area contributed by atoms with Crippen LogP contribution in [0.5, 0.6) is 5.75 Å². The van der Waals surface area contributed by atoms with Crippen LogP contribution in [-0.4, -0.2) is 27.6 Å². The first-order valence-electron chi connectivity index (χ1n) is 7.01. The number of alkyl halides is 3. The highest BCUT2D eigenvalue weighted by molar-refractivity contribution is 7.91. The van der Waals surface area contributed by atoms with E-state index in [4.69, 9.17) is 4.74 Å². The van der Waals surface area contributed by atoms with Crippen LogP contribution >= 0.6 is 11.3 Å². The first kappa shape index (κ1) is 17.7. The summed E-state index contributed by atoms with van der Waals surface area (Å²) in [5, 5.41) is 3.41. The van der Waals surface area contributed by atoms with Gasteiger partial charge in [-0.1, -0.05) is 0 Å². The smallest absolute Gasteiger partial charge is 0.397 e. The first-order chi connectivity index (χ1) is 11.6. The summed E-state index contributed by atoms with van der Waals surface area (Å²) < 4.78 is 70.0. The molecule has 0 radical (unpaired) electrons. The molecule has 1 aromatic carbocycles. The average Bonchev–Trinajstić information content (AvgIpc) is 2.97. The molecule has 0 fully saturated rings. The maximum Gasteiger partial charge on any atom is 0.397 e. The van der Waals surface area contributed by atoms with E-state index in [1.54, 1.807) is 0 Å². The fourth-order valence-corrected chi connectivity index (χ4v) is 5.45. The third kappa shape index (κ3) is 3.11. The number of methoxy groups -OCH3 is 1. The minimum absolute atomic E-state index is 0.0997. The summed E-state index contributed by atoms with van der Waals surface area (Å²) in [5.41, 5.74) is -0.278. The Morgan fingerprint density at radius 2 is 1.88 bits per heavy atom. The number of rotatable bonds is 3. The Bertz CT molecular complexity index is 917. The van der Waals surface area contributed by atoms with Gasteiger partial charge in [0.1, 0.15) is 16.6 Å². The maximum absolute atomic E-state index is 13.2. The van der Waals surface area contributed by atoms with Gasteiger partial charge in [-0.05, 0) is 24.3 Å².